The molecule has 0 radical (unpaired) electrons. The summed E-state index contributed by atoms with van der Waals surface area (Å²) in [6, 6.07) is 6.25. The van der Waals surface area contributed by atoms with E-state index in [1.54, 1.807) is 40.6 Å². The monoisotopic (exact) mass is 446 g/mol. The van der Waals surface area contributed by atoms with Gasteiger partial charge in [0.15, 0.2) is 9.84 Å². The second-order valence-corrected chi connectivity index (χ2v) is 10.0. The number of hydrogen-bond donors (Lipinski definition) is 0. The lowest BCUT2D eigenvalue weighted by Crippen LogP contribution is -2.48. The summed E-state index contributed by atoms with van der Waals surface area (Å²) in [5, 5.41) is 4.49. The molecule has 4 rings (SSSR count). The van der Waals surface area contributed by atoms with E-state index in [1.807, 2.05) is 6.20 Å². The first-order valence-corrected chi connectivity index (χ1v) is 12.0. The molecule has 166 valence electrons. The van der Waals surface area contributed by atoms with E-state index in [-0.39, 0.29) is 35.2 Å². The van der Waals surface area contributed by atoms with E-state index in [2.05, 4.69) is 5.10 Å². The van der Waals surface area contributed by atoms with Crippen LogP contribution in [-0.2, 0) is 33.0 Å². The van der Waals surface area contributed by atoms with Gasteiger partial charge in [-0.15, -0.1) is 0 Å². The molecule has 1 aromatic heterocycles. The molecule has 2 amide bonds. The summed E-state index contributed by atoms with van der Waals surface area (Å²) in [6.07, 6.45) is 1.81. The third kappa shape index (κ3) is 4.09. The van der Waals surface area contributed by atoms with Gasteiger partial charge in [0, 0.05) is 45.0 Å². The number of nitrogens with zero attached hydrogens (tertiary/aromatic N) is 4. The van der Waals surface area contributed by atoms with Crippen LogP contribution in [0.3, 0.4) is 0 Å². The van der Waals surface area contributed by atoms with Crippen molar-refractivity contribution in [2.24, 2.45) is 7.05 Å². The Morgan fingerprint density at radius 1 is 1.16 bits per heavy atom. The summed E-state index contributed by atoms with van der Waals surface area (Å²) >= 11 is 0. The van der Waals surface area contributed by atoms with E-state index >= 15 is 0 Å². The zero-order chi connectivity index (χ0) is 22.2. The van der Waals surface area contributed by atoms with Gasteiger partial charge in [0.1, 0.15) is 5.92 Å². The third-order valence-electron chi connectivity index (χ3n) is 5.77. The number of morpholine rings is 1. The fourth-order valence-electron chi connectivity index (χ4n) is 4.14. The molecule has 1 unspecified atom stereocenters. The zero-order valence-corrected chi connectivity index (χ0v) is 18.5. The van der Waals surface area contributed by atoms with Gasteiger partial charge >= 0.3 is 0 Å². The molecule has 31 heavy (non-hydrogen) atoms. The minimum atomic E-state index is -3.57. The Kier molecular flexibility index (Phi) is 5.85. The Hall–Kier alpha value is -2.72. The number of sulfone groups is 1. The summed E-state index contributed by atoms with van der Waals surface area (Å²) in [5.41, 5.74) is 1.61. The van der Waals surface area contributed by atoms with Crippen LogP contribution in [0.2, 0.25) is 0 Å². The van der Waals surface area contributed by atoms with Crippen LogP contribution in [0, 0.1) is 0 Å². The molecule has 1 saturated heterocycles. The SMILES string of the molecule is CCS(=O)(=O)c1ccccc1C(=O)N1Cc2cn(C)nc2C(C(=O)N2CCOCC2)C1. The molecule has 2 aliphatic rings. The Labute approximate surface area is 181 Å². The molecule has 2 aromatic rings. The van der Waals surface area contributed by atoms with E-state index in [9.17, 15) is 18.0 Å². The second kappa shape index (κ2) is 8.43. The van der Waals surface area contributed by atoms with Gasteiger partial charge in [-0.2, -0.15) is 5.10 Å². The molecule has 1 fully saturated rings. The molecule has 0 bridgehead atoms. The van der Waals surface area contributed by atoms with Crippen LogP contribution in [-0.4, -0.2) is 78.4 Å². The minimum absolute atomic E-state index is 0.0236. The summed E-state index contributed by atoms with van der Waals surface area (Å²) in [4.78, 5) is 30.0. The van der Waals surface area contributed by atoms with Gasteiger partial charge in [-0.25, -0.2) is 8.42 Å². The lowest BCUT2D eigenvalue weighted by Gasteiger charge is -2.35. The maximum absolute atomic E-state index is 13.4. The molecule has 0 N–H and O–H groups in total. The van der Waals surface area contributed by atoms with Crippen molar-refractivity contribution >= 4 is 21.7 Å². The molecule has 0 saturated carbocycles. The van der Waals surface area contributed by atoms with Crippen molar-refractivity contribution in [2.75, 3.05) is 38.6 Å². The molecular formula is C21H26N4O5S. The van der Waals surface area contributed by atoms with Gasteiger partial charge in [-0.1, -0.05) is 19.1 Å². The second-order valence-electron chi connectivity index (χ2n) is 7.79. The Morgan fingerprint density at radius 3 is 2.58 bits per heavy atom. The van der Waals surface area contributed by atoms with Crippen LogP contribution >= 0.6 is 0 Å². The fraction of sp³-hybridized carbons (Fsp3) is 0.476. The Morgan fingerprint density at radius 2 is 1.87 bits per heavy atom. The first-order chi connectivity index (χ1) is 14.8. The predicted octanol–water partition coefficient (Wildman–Crippen LogP) is 0.812. The average Bonchev–Trinajstić information content (AvgIpc) is 3.18. The molecular weight excluding hydrogens is 420 g/mol. The van der Waals surface area contributed by atoms with E-state index < -0.39 is 21.7 Å². The van der Waals surface area contributed by atoms with Gasteiger partial charge in [0.2, 0.25) is 5.91 Å². The smallest absolute Gasteiger partial charge is 0.255 e. The van der Waals surface area contributed by atoms with Gasteiger partial charge in [-0.3, -0.25) is 14.3 Å². The largest absolute Gasteiger partial charge is 0.378 e. The lowest BCUT2D eigenvalue weighted by molar-refractivity contribution is -0.137. The standard InChI is InChI=1S/C21H26N4O5S/c1-3-31(28,29)18-7-5-4-6-16(18)20(26)25-13-15-12-23(2)22-19(15)17(14-25)21(27)24-8-10-30-11-9-24/h4-7,12,17H,3,8-11,13-14H2,1-2H3. The van der Waals surface area contributed by atoms with Crippen LogP contribution in [0.25, 0.3) is 0 Å². The highest BCUT2D eigenvalue weighted by atomic mass is 32.2. The zero-order valence-electron chi connectivity index (χ0n) is 17.7. The number of aromatic nitrogens is 2. The molecule has 0 spiro atoms. The van der Waals surface area contributed by atoms with Crippen molar-refractivity contribution in [2.45, 2.75) is 24.3 Å². The molecule has 1 atom stereocenters. The van der Waals surface area contributed by atoms with Crippen LogP contribution in [0.4, 0.5) is 0 Å². The number of carbonyl (C=O) groups excluding carboxylic acids is 2. The van der Waals surface area contributed by atoms with E-state index in [0.717, 1.165) is 5.56 Å². The van der Waals surface area contributed by atoms with Crippen molar-refractivity contribution < 1.29 is 22.7 Å². The molecule has 2 aliphatic heterocycles. The van der Waals surface area contributed by atoms with Crippen LogP contribution in [0.5, 0.6) is 0 Å². The number of aryl methyl sites for hydroxylation is 1. The summed E-state index contributed by atoms with van der Waals surface area (Å²) in [7, 11) is -1.79. The molecule has 10 heteroatoms. The molecule has 0 aliphatic carbocycles. The first kappa shape index (κ1) is 21.5. The Bertz CT molecular complexity index is 1100. The fourth-order valence-corrected chi connectivity index (χ4v) is 5.23. The third-order valence-corrected chi connectivity index (χ3v) is 7.56. The normalized spacial score (nSPS) is 19.2. The van der Waals surface area contributed by atoms with Gasteiger partial charge in [-0.05, 0) is 12.1 Å². The minimum Gasteiger partial charge on any atom is -0.378 e. The van der Waals surface area contributed by atoms with E-state index in [0.29, 0.717) is 32.0 Å². The van der Waals surface area contributed by atoms with Crippen molar-refractivity contribution in [3.63, 3.8) is 0 Å². The topological polar surface area (TPSA) is 102 Å². The van der Waals surface area contributed by atoms with Crippen LogP contribution in [0.1, 0.15) is 34.5 Å². The van der Waals surface area contributed by atoms with E-state index in [4.69, 9.17) is 4.74 Å². The molecule has 1 aromatic carbocycles. The maximum Gasteiger partial charge on any atom is 0.255 e. The van der Waals surface area contributed by atoms with Crippen molar-refractivity contribution in [3.05, 3.63) is 47.3 Å². The highest BCUT2D eigenvalue weighted by Crippen LogP contribution is 2.31. The molecule has 9 nitrogen and oxygen atoms in total. The van der Waals surface area contributed by atoms with Crippen LogP contribution in [0.15, 0.2) is 35.4 Å². The number of ether oxygens (including phenoxy) is 1. The summed E-state index contributed by atoms with van der Waals surface area (Å²) in [6.45, 7) is 3.95. The van der Waals surface area contributed by atoms with Crippen LogP contribution < -0.4 is 0 Å². The summed E-state index contributed by atoms with van der Waals surface area (Å²) < 4.78 is 32.1. The number of fused-ring (bicyclic) bond motifs is 1. The predicted molar refractivity (Wildman–Crippen MR) is 112 cm³/mol. The number of hydrogen-bond acceptors (Lipinski definition) is 6. The quantitative estimate of drug-likeness (QED) is 0.689. The van der Waals surface area contributed by atoms with Crippen molar-refractivity contribution in [1.29, 1.82) is 0 Å². The van der Waals surface area contributed by atoms with E-state index in [1.165, 1.54) is 12.1 Å². The number of rotatable bonds is 4. The highest BCUT2D eigenvalue weighted by molar-refractivity contribution is 7.91. The Balaban J connectivity index is 1.68. The maximum atomic E-state index is 13.4. The number of benzene rings is 1. The summed E-state index contributed by atoms with van der Waals surface area (Å²) in [5.74, 6) is -1.18. The van der Waals surface area contributed by atoms with Crippen molar-refractivity contribution in [1.82, 2.24) is 19.6 Å². The van der Waals surface area contributed by atoms with Gasteiger partial charge < -0.3 is 14.5 Å². The average molecular weight is 447 g/mol. The highest BCUT2D eigenvalue weighted by Gasteiger charge is 2.38. The first-order valence-electron chi connectivity index (χ1n) is 10.3. The lowest BCUT2D eigenvalue weighted by atomic mass is 9.94. The molecule has 3 heterocycles. The van der Waals surface area contributed by atoms with Gasteiger partial charge in [0.25, 0.3) is 5.91 Å². The van der Waals surface area contributed by atoms with Gasteiger partial charge in [0.05, 0.1) is 35.1 Å². The number of amides is 2. The number of carbonyl (C=O) groups is 2. The van der Waals surface area contributed by atoms with Crippen molar-refractivity contribution in [3.8, 4) is 0 Å².